The Bertz CT molecular complexity index is 394. The van der Waals surface area contributed by atoms with Crippen molar-refractivity contribution in [2.75, 3.05) is 0 Å². The number of alkyl halides is 3. The fraction of sp³-hybridized carbons (Fsp3) is 0.667. The second kappa shape index (κ2) is 3.71. The van der Waals surface area contributed by atoms with E-state index in [4.69, 9.17) is 0 Å². The lowest BCUT2D eigenvalue weighted by Gasteiger charge is -2.27. The molecule has 0 aromatic heterocycles. The van der Waals surface area contributed by atoms with Crippen molar-refractivity contribution in [2.24, 2.45) is 5.14 Å². The Kier molecular flexibility index (Phi) is 3.06. The van der Waals surface area contributed by atoms with Gasteiger partial charge in [-0.1, -0.05) is 0 Å². The highest BCUT2D eigenvalue weighted by Gasteiger charge is 2.51. The van der Waals surface area contributed by atoms with Crippen LogP contribution in [0, 0.1) is 0 Å². The first kappa shape index (κ1) is 12.4. The summed E-state index contributed by atoms with van der Waals surface area (Å²) in [5, 5.41) is 1.54. The first-order valence-corrected chi connectivity index (χ1v) is 5.27. The topological polar surface area (TPSA) is 60.2 Å². The fourth-order valence-corrected chi connectivity index (χ4v) is 2.11. The molecule has 0 saturated heterocycles. The fourth-order valence-electron chi connectivity index (χ4n) is 1.20. The van der Waals surface area contributed by atoms with Crippen LogP contribution in [0.4, 0.5) is 22.0 Å². The van der Waals surface area contributed by atoms with Crippen LogP contribution in [-0.4, -0.2) is 32.2 Å². The monoisotopic (exact) mass is 251 g/mol. The molecule has 0 heterocycles. The number of rotatable bonds is 1. The molecule has 3 nitrogen and oxygen atoms in total. The molecule has 0 spiro atoms. The molecule has 0 radical (unpaired) electrons. The van der Waals surface area contributed by atoms with Gasteiger partial charge in [-0.3, -0.25) is 0 Å². The number of halogens is 5. The molecule has 88 valence electrons. The first-order chi connectivity index (χ1) is 6.68. The Labute approximate surface area is 81.8 Å². The zero-order valence-electron chi connectivity index (χ0n) is 7.00. The first-order valence-electron chi connectivity index (χ1n) is 3.66. The van der Waals surface area contributed by atoms with Crippen LogP contribution >= 0.6 is 0 Å². The second-order valence-corrected chi connectivity index (χ2v) is 4.68. The van der Waals surface area contributed by atoms with Gasteiger partial charge in [0.15, 0.2) is 35.4 Å². The van der Waals surface area contributed by atoms with E-state index in [1.807, 2.05) is 0 Å². The third-order valence-corrected chi connectivity index (χ3v) is 3.12. The van der Waals surface area contributed by atoms with Crippen LogP contribution in [0.2, 0.25) is 0 Å². The van der Waals surface area contributed by atoms with Gasteiger partial charge in [-0.2, -0.15) is 0 Å². The summed E-state index contributed by atoms with van der Waals surface area (Å²) in [6, 6.07) is 0. The summed E-state index contributed by atoms with van der Waals surface area (Å²) in [7, 11) is -4.87. The molecule has 0 aromatic carbocycles. The number of hydrogen-bond donors (Lipinski definition) is 1. The lowest BCUT2D eigenvalue weighted by atomic mass is 10.00. The van der Waals surface area contributed by atoms with E-state index in [-0.39, 0.29) is 0 Å². The smallest absolute Gasteiger partial charge is 0.221 e. The standard InChI is InChI=1S/C6H6F5NO2S/c7-1-2(8)4(10)6(15(12,13)14)5(11)3(1)9/h1-2,4,6H,(H2,12,13,14)/t1?,2-,4-,6?/m0/s1. The van der Waals surface area contributed by atoms with E-state index < -0.39 is 45.4 Å². The third-order valence-electron chi connectivity index (χ3n) is 1.95. The van der Waals surface area contributed by atoms with Crippen molar-refractivity contribution in [3.05, 3.63) is 11.7 Å². The zero-order valence-corrected chi connectivity index (χ0v) is 7.82. The van der Waals surface area contributed by atoms with Crippen molar-refractivity contribution in [3.63, 3.8) is 0 Å². The number of sulfonamides is 1. The maximum Gasteiger partial charge on any atom is 0.221 e. The molecule has 0 aromatic rings. The Morgan fingerprint density at radius 1 is 1.00 bits per heavy atom. The van der Waals surface area contributed by atoms with Gasteiger partial charge in [-0.05, 0) is 0 Å². The predicted octanol–water partition coefficient (Wildman–Crippen LogP) is 0.822. The number of primary sulfonamides is 1. The number of nitrogens with two attached hydrogens (primary N) is 1. The van der Waals surface area contributed by atoms with E-state index >= 15 is 0 Å². The maximum absolute atomic E-state index is 12.9. The highest BCUT2D eigenvalue weighted by Crippen LogP contribution is 2.36. The van der Waals surface area contributed by atoms with E-state index in [1.165, 1.54) is 0 Å². The van der Waals surface area contributed by atoms with Crippen molar-refractivity contribution in [3.8, 4) is 0 Å². The number of allylic oxidation sites excluding steroid dienone is 1. The summed E-state index contributed by atoms with van der Waals surface area (Å²) < 4.78 is 84.7. The van der Waals surface area contributed by atoms with Crippen molar-refractivity contribution in [2.45, 2.75) is 23.8 Å². The van der Waals surface area contributed by atoms with Gasteiger partial charge >= 0.3 is 0 Å². The Morgan fingerprint density at radius 2 is 1.47 bits per heavy atom. The molecule has 1 aliphatic rings. The van der Waals surface area contributed by atoms with Crippen molar-refractivity contribution in [1.29, 1.82) is 0 Å². The molecule has 1 rings (SSSR count). The minimum Gasteiger partial charge on any atom is -0.242 e. The van der Waals surface area contributed by atoms with E-state index in [2.05, 4.69) is 5.14 Å². The van der Waals surface area contributed by atoms with E-state index in [0.29, 0.717) is 0 Å². The second-order valence-electron chi connectivity index (χ2n) is 3.00. The molecule has 2 N–H and O–H groups in total. The van der Waals surface area contributed by atoms with Crippen LogP contribution in [-0.2, 0) is 10.0 Å². The largest absolute Gasteiger partial charge is 0.242 e. The molecule has 9 heteroatoms. The molecule has 0 aliphatic heterocycles. The Morgan fingerprint density at radius 3 is 1.87 bits per heavy atom. The Balaban J connectivity index is 3.30. The normalized spacial score (nSPS) is 38.3. The lowest BCUT2D eigenvalue weighted by Crippen LogP contribution is -2.48. The molecule has 15 heavy (non-hydrogen) atoms. The molecule has 2 unspecified atom stereocenters. The third kappa shape index (κ3) is 1.98. The molecule has 1 aliphatic carbocycles. The molecular formula is C6H6F5NO2S. The van der Waals surface area contributed by atoms with Gasteiger partial charge in [0.2, 0.25) is 10.0 Å². The molecule has 4 atom stereocenters. The van der Waals surface area contributed by atoms with Crippen molar-refractivity contribution >= 4 is 10.0 Å². The minimum absolute atomic E-state index is 2.22. The summed E-state index contributed by atoms with van der Waals surface area (Å²) >= 11 is 0. The minimum atomic E-state index is -4.87. The molecule has 0 amide bonds. The van der Waals surface area contributed by atoms with Crippen LogP contribution in [0.15, 0.2) is 11.7 Å². The quantitative estimate of drug-likeness (QED) is 0.701. The molecule has 0 fully saturated rings. The highest BCUT2D eigenvalue weighted by molar-refractivity contribution is 7.90. The van der Waals surface area contributed by atoms with Crippen LogP contribution in [0.1, 0.15) is 0 Å². The average molecular weight is 251 g/mol. The lowest BCUT2D eigenvalue weighted by molar-refractivity contribution is 0.0681. The summed E-state index contributed by atoms with van der Waals surface area (Å²) in [5.41, 5.74) is 0. The summed E-state index contributed by atoms with van der Waals surface area (Å²) in [6.45, 7) is 0. The summed E-state index contributed by atoms with van der Waals surface area (Å²) in [5.74, 6) is -4.48. The molecule has 0 bridgehead atoms. The van der Waals surface area contributed by atoms with E-state index in [0.717, 1.165) is 0 Å². The zero-order chi connectivity index (χ0) is 12.0. The molecular weight excluding hydrogens is 245 g/mol. The maximum atomic E-state index is 12.9. The Hall–Kier alpha value is -0.700. The SMILES string of the molecule is NS(=O)(=O)C1C(F)=C(F)C(F)[C@H](F)[C@@H]1F. The summed E-state index contributed by atoms with van der Waals surface area (Å²) in [4.78, 5) is 0. The number of hydrogen-bond acceptors (Lipinski definition) is 2. The van der Waals surface area contributed by atoms with Gasteiger partial charge in [-0.25, -0.2) is 35.5 Å². The van der Waals surface area contributed by atoms with E-state index in [9.17, 15) is 30.4 Å². The predicted molar refractivity (Wildman–Crippen MR) is 40.8 cm³/mol. The van der Waals surface area contributed by atoms with Gasteiger partial charge in [-0.15, -0.1) is 0 Å². The van der Waals surface area contributed by atoms with Gasteiger partial charge in [0.1, 0.15) is 0 Å². The van der Waals surface area contributed by atoms with E-state index in [1.54, 1.807) is 0 Å². The average Bonchev–Trinajstić information content (AvgIpc) is 2.09. The van der Waals surface area contributed by atoms with Crippen LogP contribution in [0.25, 0.3) is 0 Å². The van der Waals surface area contributed by atoms with Gasteiger partial charge in [0.25, 0.3) is 0 Å². The molecule has 0 saturated carbocycles. The van der Waals surface area contributed by atoms with Crippen LogP contribution < -0.4 is 5.14 Å². The van der Waals surface area contributed by atoms with Crippen LogP contribution in [0.3, 0.4) is 0 Å². The van der Waals surface area contributed by atoms with Crippen molar-refractivity contribution in [1.82, 2.24) is 0 Å². The summed E-state index contributed by atoms with van der Waals surface area (Å²) in [6.07, 6.45) is -9.29. The van der Waals surface area contributed by atoms with Crippen LogP contribution in [0.5, 0.6) is 0 Å². The van der Waals surface area contributed by atoms with Gasteiger partial charge in [0, 0.05) is 0 Å². The highest BCUT2D eigenvalue weighted by atomic mass is 32.2. The van der Waals surface area contributed by atoms with Gasteiger partial charge < -0.3 is 0 Å². The van der Waals surface area contributed by atoms with Crippen molar-refractivity contribution < 1.29 is 30.4 Å². The van der Waals surface area contributed by atoms with Gasteiger partial charge in [0.05, 0.1) is 0 Å².